The van der Waals surface area contributed by atoms with Gasteiger partial charge < -0.3 is 9.64 Å². The van der Waals surface area contributed by atoms with Crippen molar-refractivity contribution in [2.24, 2.45) is 7.05 Å². The molecule has 30 heavy (non-hydrogen) atoms. The third-order valence-electron chi connectivity index (χ3n) is 6.18. The summed E-state index contributed by atoms with van der Waals surface area (Å²) in [4.78, 5) is 19.6. The topological polar surface area (TPSA) is 60.2 Å². The number of hydrogen-bond acceptors (Lipinski definition) is 4. The van der Waals surface area contributed by atoms with Crippen LogP contribution in [0.1, 0.15) is 58.6 Å². The van der Waals surface area contributed by atoms with E-state index in [1.165, 1.54) is 24.0 Å². The Kier molecular flexibility index (Phi) is 4.99. The van der Waals surface area contributed by atoms with Crippen molar-refractivity contribution in [3.8, 4) is 5.88 Å². The molecule has 1 aromatic carbocycles. The molecule has 1 aliphatic carbocycles. The van der Waals surface area contributed by atoms with Crippen molar-refractivity contribution < 1.29 is 9.53 Å². The second kappa shape index (κ2) is 7.94. The van der Waals surface area contributed by atoms with Crippen LogP contribution in [0.4, 0.5) is 0 Å². The summed E-state index contributed by atoms with van der Waals surface area (Å²) in [5.74, 6) is 0.722. The average molecular weight is 402 g/mol. The summed E-state index contributed by atoms with van der Waals surface area (Å²) >= 11 is 0. The summed E-state index contributed by atoms with van der Waals surface area (Å²) in [6.07, 6.45) is 10.4. The molecule has 3 aromatic rings. The summed E-state index contributed by atoms with van der Waals surface area (Å²) < 4.78 is 7.75. The number of carbonyl (C=O) groups is 1. The first-order chi connectivity index (χ1) is 14.7. The lowest BCUT2D eigenvalue weighted by Crippen LogP contribution is -2.38. The number of amides is 1. The van der Waals surface area contributed by atoms with Gasteiger partial charge in [0.25, 0.3) is 5.91 Å². The monoisotopic (exact) mass is 402 g/mol. The van der Waals surface area contributed by atoms with Crippen molar-refractivity contribution in [3.63, 3.8) is 0 Å². The Morgan fingerprint density at radius 3 is 2.67 bits per heavy atom. The fraction of sp³-hybridized carbons (Fsp3) is 0.375. The van der Waals surface area contributed by atoms with E-state index in [-0.39, 0.29) is 17.9 Å². The van der Waals surface area contributed by atoms with E-state index in [2.05, 4.69) is 28.3 Å². The highest BCUT2D eigenvalue weighted by Gasteiger charge is 2.30. The van der Waals surface area contributed by atoms with E-state index in [0.29, 0.717) is 24.5 Å². The fourth-order valence-electron chi connectivity index (χ4n) is 4.60. The van der Waals surface area contributed by atoms with E-state index >= 15 is 0 Å². The normalized spacial score (nSPS) is 19.0. The van der Waals surface area contributed by atoms with Gasteiger partial charge in [0.05, 0.1) is 11.8 Å². The molecular weight excluding hydrogens is 376 g/mol. The van der Waals surface area contributed by atoms with Crippen LogP contribution in [0.5, 0.6) is 5.88 Å². The number of pyridine rings is 1. The Balaban J connectivity index is 1.36. The maximum atomic E-state index is 13.3. The first-order valence-corrected chi connectivity index (χ1v) is 10.7. The Bertz CT molecular complexity index is 1040. The van der Waals surface area contributed by atoms with Crippen LogP contribution in [-0.4, -0.2) is 38.2 Å². The minimum Gasteiger partial charge on any atom is -0.474 e. The Morgan fingerprint density at radius 1 is 1.10 bits per heavy atom. The summed E-state index contributed by atoms with van der Waals surface area (Å²) in [5, 5.41) is 4.33. The zero-order chi connectivity index (χ0) is 20.5. The molecule has 1 saturated carbocycles. The second-order valence-electron chi connectivity index (χ2n) is 8.29. The number of fused-ring (bicyclic) bond motifs is 1. The molecule has 154 valence electrons. The van der Waals surface area contributed by atoms with Gasteiger partial charge in [-0.1, -0.05) is 24.3 Å². The SMILES string of the molecule is Cn1cc([C@@H]2CN(C(=O)c3ccc(OC4CCCC4)nc3)Cc3ccccc32)cn1. The molecule has 2 aliphatic rings. The molecule has 0 unspecified atom stereocenters. The van der Waals surface area contributed by atoms with E-state index in [9.17, 15) is 4.79 Å². The van der Waals surface area contributed by atoms with Gasteiger partial charge in [-0.15, -0.1) is 0 Å². The van der Waals surface area contributed by atoms with Gasteiger partial charge in [-0.25, -0.2) is 4.98 Å². The quantitative estimate of drug-likeness (QED) is 0.664. The molecule has 3 heterocycles. The fourth-order valence-corrected chi connectivity index (χ4v) is 4.60. The molecular formula is C24H26N4O2. The number of nitrogens with zero attached hydrogens (tertiary/aromatic N) is 4. The van der Waals surface area contributed by atoms with Crippen molar-refractivity contribution in [1.82, 2.24) is 19.7 Å². The van der Waals surface area contributed by atoms with E-state index in [1.807, 2.05) is 47.2 Å². The number of benzene rings is 1. The van der Waals surface area contributed by atoms with Crippen LogP contribution in [0.15, 0.2) is 55.0 Å². The van der Waals surface area contributed by atoms with Gasteiger partial charge in [-0.2, -0.15) is 5.10 Å². The molecule has 0 saturated heterocycles. The third kappa shape index (κ3) is 3.70. The van der Waals surface area contributed by atoms with Crippen LogP contribution in [0.25, 0.3) is 0 Å². The summed E-state index contributed by atoms with van der Waals surface area (Å²) in [5.41, 5.74) is 4.17. The number of hydrogen-bond donors (Lipinski definition) is 0. The molecule has 6 heteroatoms. The molecule has 6 nitrogen and oxygen atoms in total. The molecule has 1 aliphatic heterocycles. The van der Waals surface area contributed by atoms with Crippen molar-refractivity contribution in [2.75, 3.05) is 6.54 Å². The largest absolute Gasteiger partial charge is 0.474 e. The van der Waals surface area contributed by atoms with Gasteiger partial charge in [0.15, 0.2) is 0 Å². The van der Waals surface area contributed by atoms with E-state index in [4.69, 9.17) is 4.74 Å². The standard InChI is InChI=1S/C24H26N4O2/c1-27-14-19(13-26-27)22-16-28(15-18-6-2-5-9-21(18)22)24(29)17-10-11-23(25-12-17)30-20-7-3-4-8-20/h2,5-6,9-14,20,22H,3-4,7-8,15-16H2,1H3/t22-/m0/s1. The van der Waals surface area contributed by atoms with Crippen molar-refractivity contribution in [2.45, 2.75) is 44.2 Å². The molecule has 1 amide bonds. The van der Waals surface area contributed by atoms with E-state index in [1.54, 1.807) is 6.20 Å². The highest BCUT2D eigenvalue weighted by atomic mass is 16.5. The smallest absolute Gasteiger partial charge is 0.255 e. The van der Waals surface area contributed by atoms with Gasteiger partial charge in [0.2, 0.25) is 5.88 Å². The van der Waals surface area contributed by atoms with Gasteiger partial charge in [-0.3, -0.25) is 9.48 Å². The van der Waals surface area contributed by atoms with Gasteiger partial charge in [0, 0.05) is 44.5 Å². The zero-order valence-corrected chi connectivity index (χ0v) is 17.2. The number of aromatic nitrogens is 3. The number of rotatable bonds is 4. The molecule has 0 spiro atoms. The first kappa shape index (κ1) is 18.9. The lowest BCUT2D eigenvalue weighted by molar-refractivity contribution is 0.0724. The van der Waals surface area contributed by atoms with Crippen LogP contribution >= 0.6 is 0 Å². The second-order valence-corrected chi connectivity index (χ2v) is 8.29. The molecule has 1 fully saturated rings. The van der Waals surface area contributed by atoms with E-state index in [0.717, 1.165) is 18.4 Å². The number of ether oxygens (including phenoxy) is 1. The number of aryl methyl sites for hydroxylation is 1. The van der Waals surface area contributed by atoms with Crippen LogP contribution in [0, 0.1) is 0 Å². The highest BCUT2D eigenvalue weighted by Crippen LogP contribution is 2.34. The summed E-state index contributed by atoms with van der Waals surface area (Å²) in [6.45, 7) is 1.23. The van der Waals surface area contributed by atoms with Crippen LogP contribution in [0.3, 0.4) is 0 Å². The first-order valence-electron chi connectivity index (χ1n) is 10.7. The minimum atomic E-state index is -0.00157. The Hall–Kier alpha value is -3.15. The molecule has 0 bridgehead atoms. The molecule has 0 radical (unpaired) electrons. The molecule has 0 N–H and O–H groups in total. The minimum absolute atomic E-state index is 0.00157. The molecule has 1 atom stereocenters. The van der Waals surface area contributed by atoms with Gasteiger partial charge in [-0.05, 0) is 48.4 Å². The predicted molar refractivity (Wildman–Crippen MR) is 113 cm³/mol. The summed E-state index contributed by atoms with van der Waals surface area (Å²) in [6, 6.07) is 12.0. The lowest BCUT2D eigenvalue weighted by atomic mass is 9.86. The van der Waals surface area contributed by atoms with Gasteiger partial charge >= 0.3 is 0 Å². The van der Waals surface area contributed by atoms with Crippen LogP contribution < -0.4 is 4.74 Å². The Labute approximate surface area is 176 Å². The van der Waals surface area contributed by atoms with Crippen molar-refractivity contribution in [3.05, 3.63) is 77.2 Å². The van der Waals surface area contributed by atoms with Crippen LogP contribution in [0.2, 0.25) is 0 Å². The van der Waals surface area contributed by atoms with Crippen molar-refractivity contribution in [1.29, 1.82) is 0 Å². The third-order valence-corrected chi connectivity index (χ3v) is 6.18. The molecule has 5 rings (SSSR count). The van der Waals surface area contributed by atoms with Gasteiger partial charge in [0.1, 0.15) is 6.10 Å². The maximum Gasteiger partial charge on any atom is 0.255 e. The van der Waals surface area contributed by atoms with Crippen LogP contribution in [-0.2, 0) is 13.6 Å². The Morgan fingerprint density at radius 2 is 1.93 bits per heavy atom. The predicted octanol–water partition coefficient (Wildman–Crippen LogP) is 3.92. The average Bonchev–Trinajstić information content (AvgIpc) is 3.45. The lowest BCUT2D eigenvalue weighted by Gasteiger charge is -2.34. The van der Waals surface area contributed by atoms with E-state index < -0.39 is 0 Å². The van der Waals surface area contributed by atoms with Crippen molar-refractivity contribution >= 4 is 5.91 Å². The molecule has 2 aromatic heterocycles. The summed E-state index contributed by atoms with van der Waals surface area (Å²) in [7, 11) is 1.92. The maximum absolute atomic E-state index is 13.3. The highest BCUT2D eigenvalue weighted by molar-refractivity contribution is 5.94. The zero-order valence-electron chi connectivity index (χ0n) is 17.2. The number of carbonyl (C=O) groups excluding carboxylic acids is 1.